The van der Waals surface area contributed by atoms with Crippen molar-refractivity contribution in [2.75, 3.05) is 18.9 Å². The van der Waals surface area contributed by atoms with Crippen molar-refractivity contribution >= 4 is 11.5 Å². The molecule has 0 bridgehead atoms. The van der Waals surface area contributed by atoms with E-state index in [9.17, 15) is 4.79 Å². The molecule has 0 amide bonds. The number of ketones is 1. The Kier molecular flexibility index (Phi) is 3.27. The van der Waals surface area contributed by atoms with Crippen LogP contribution in [0.5, 0.6) is 23.0 Å². The summed E-state index contributed by atoms with van der Waals surface area (Å²) in [6.07, 6.45) is 3.05. The number of anilines is 1. The van der Waals surface area contributed by atoms with E-state index in [1.54, 1.807) is 24.4 Å². The SMILES string of the molecule is O=C(/C=C/Nc1ccc2c(c1)OCO2)c1ccc2c(c1)OCO2. The lowest BCUT2D eigenvalue weighted by atomic mass is 10.1. The Labute approximate surface area is 132 Å². The highest BCUT2D eigenvalue weighted by atomic mass is 16.7. The smallest absolute Gasteiger partial charge is 0.231 e. The molecule has 2 aromatic carbocycles. The first-order valence-corrected chi connectivity index (χ1v) is 7.06. The van der Waals surface area contributed by atoms with Crippen molar-refractivity contribution in [1.82, 2.24) is 0 Å². The number of carbonyl (C=O) groups is 1. The zero-order chi connectivity index (χ0) is 15.6. The lowest BCUT2D eigenvalue weighted by Crippen LogP contribution is -1.96. The van der Waals surface area contributed by atoms with Crippen molar-refractivity contribution in [1.29, 1.82) is 0 Å². The maximum atomic E-state index is 12.2. The third kappa shape index (κ3) is 2.66. The number of benzene rings is 2. The molecule has 0 spiro atoms. The van der Waals surface area contributed by atoms with E-state index in [2.05, 4.69) is 5.32 Å². The van der Waals surface area contributed by atoms with Gasteiger partial charge in [-0.25, -0.2) is 0 Å². The van der Waals surface area contributed by atoms with E-state index in [-0.39, 0.29) is 19.4 Å². The van der Waals surface area contributed by atoms with E-state index in [0.29, 0.717) is 22.8 Å². The highest BCUT2D eigenvalue weighted by molar-refractivity contribution is 6.05. The molecule has 116 valence electrons. The lowest BCUT2D eigenvalue weighted by molar-refractivity contribution is 0.104. The maximum absolute atomic E-state index is 12.2. The van der Waals surface area contributed by atoms with Crippen LogP contribution >= 0.6 is 0 Å². The van der Waals surface area contributed by atoms with Gasteiger partial charge in [-0.05, 0) is 30.3 Å². The normalized spacial score (nSPS) is 14.3. The van der Waals surface area contributed by atoms with Gasteiger partial charge in [-0.15, -0.1) is 0 Å². The second-order valence-electron chi connectivity index (χ2n) is 4.98. The molecule has 23 heavy (non-hydrogen) atoms. The zero-order valence-corrected chi connectivity index (χ0v) is 12.1. The van der Waals surface area contributed by atoms with Gasteiger partial charge in [0.25, 0.3) is 0 Å². The number of hydrogen-bond donors (Lipinski definition) is 1. The van der Waals surface area contributed by atoms with E-state index in [1.807, 2.05) is 18.2 Å². The number of allylic oxidation sites excluding steroid dienone is 1. The van der Waals surface area contributed by atoms with Gasteiger partial charge < -0.3 is 24.3 Å². The summed E-state index contributed by atoms with van der Waals surface area (Å²) in [7, 11) is 0. The Bertz CT molecular complexity index is 800. The second-order valence-corrected chi connectivity index (χ2v) is 4.98. The average molecular weight is 311 g/mol. The van der Waals surface area contributed by atoms with Gasteiger partial charge in [0.2, 0.25) is 13.6 Å². The lowest BCUT2D eigenvalue weighted by Gasteiger charge is -2.02. The molecule has 6 nitrogen and oxygen atoms in total. The minimum absolute atomic E-state index is 0.128. The maximum Gasteiger partial charge on any atom is 0.231 e. The molecule has 4 rings (SSSR count). The monoisotopic (exact) mass is 311 g/mol. The van der Waals surface area contributed by atoms with Crippen LogP contribution < -0.4 is 24.3 Å². The van der Waals surface area contributed by atoms with Crippen LogP contribution in [0.2, 0.25) is 0 Å². The molecular formula is C17H13NO5. The fourth-order valence-corrected chi connectivity index (χ4v) is 2.35. The van der Waals surface area contributed by atoms with Gasteiger partial charge in [-0.3, -0.25) is 4.79 Å². The van der Waals surface area contributed by atoms with E-state index >= 15 is 0 Å². The first-order valence-electron chi connectivity index (χ1n) is 7.06. The molecule has 0 radical (unpaired) electrons. The van der Waals surface area contributed by atoms with Gasteiger partial charge in [-0.2, -0.15) is 0 Å². The molecule has 0 fully saturated rings. The summed E-state index contributed by atoms with van der Waals surface area (Å²) in [4.78, 5) is 12.2. The molecule has 0 atom stereocenters. The Hall–Kier alpha value is -3.15. The third-order valence-electron chi connectivity index (χ3n) is 3.51. The van der Waals surface area contributed by atoms with E-state index in [0.717, 1.165) is 11.4 Å². The standard InChI is InChI=1S/C17H13NO5/c19-13(11-1-3-14-16(7-11)22-9-20-14)5-6-18-12-2-4-15-17(8-12)23-10-21-15/h1-8,18H,9-10H2/b6-5+. The first kappa shape index (κ1) is 13.5. The number of fused-ring (bicyclic) bond motifs is 2. The molecule has 2 heterocycles. The van der Waals surface area contributed by atoms with Gasteiger partial charge in [0.05, 0.1) is 0 Å². The van der Waals surface area contributed by atoms with Crippen LogP contribution in [0, 0.1) is 0 Å². The van der Waals surface area contributed by atoms with Gasteiger partial charge in [0.1, 0.15) is 0 Å². The van der Waals surface area contributed by atoms with Crippen LogP contribution in [0.25, 0.3) is 0 Å². The van der Waals surface area contributed by atoms with Crippen LogP contribution in [-0.2, 0) is 0 Å². The molecule has 0 saturated heterocycles. The molecule has 2 aliphatic rings. The molecule has 0 saturated carbocycles. The van der Waals surface area contributed by atoms with Crippen LogP contribution in [0.4, 0.5) is 5.69 Å². The quantitative estimate of drug-likeness (QED) is 0.692. The van der Waals surface area contributed by atoms with Gasteiger partial charge in [0, 0.05) is 29.6 Å². The number of carbonyl (C=O) groups excluding carboxylic acids is 1. The second kappa shape index (κ2) is 5.57. The third-order valence-corrected chi connectivity index (χ3v) is 3.51. The van der Waals surface area contributed by atoms with Crippen molar-refractivity contribution in [3.8, 4) is 23.0 Å². The number of hydrogen-bond acceptors (Lipinski definition) is 6. The minimum atomic E-state index is -0.128. The van der Waals surface area contributed by atoms with Gasteiger partial charge in [0.15, 0.2) is 28.8 Å². The van der Waals surface area contributed by atoms with E-state index < -0.39 is 0 Å². The summed E-state index contributed by atoms with van der Waals surface area (Å²) in [5.74, 6) is 2.52. The molecular weight excluding hydrogens is 298 g/mol. The fourth-order valence-electron chi connectivity index (χ4n) is 2.35. The first-order chi connectivity index (χ1) is 11.3. The van der Waals surface area contributed by atoms with Crippen molar-refractivity contribution in [3.05, 3.63) is 54.2 Å². The predicted octanol–water partition coefficient (Wildman–Crippen LogP) is 2.95. The topological polar surface area (TPSA) is 66.0 Å². The Balaban J connectivity index is 1.43. The Morgan fingerprint density at radius 2 is 1.52 bits per heavy atom. The van der Waals surface area contributed by atoms with Crippen LogP contribution in [0.15, 0.2) is 48.7 Å². The Morgan fingerprint density at radius 1 is 0.870 bits per heavy atom. The minimum Gasteiger partial charge on any atom is -0.454 e. The van der Waals surface area contributed by atoms with Crippen molar-refractivity contribution in [3.63, 3.8) is 0 Å². The van der Waals surface area contributed by atoms with E-state index in [1.165, 1.54) is 6.08 Å². The summed E-state index contributed by atoms with van der Waals surface area (Å²) in [5, 5.41) is 3.03. The molecule has 0 unspecified atom stereocenters. The van der Waals surface area contributed by atoms with E-state index in [4.69, 9.17) is 18.9 Å². The summed E-state index contributed by atoms with van der Waals surface area (Å²) < 4.78 is 21.0. The van der Waals surface area contributed by atoms with Crippen molar-refractivity contribution in [2.45, 2.75) is 0 Å². The number of rotatable bonds is 4. The van der Waals surface area contributed by atoms with Gasteiger partial charge in [-0.1, -0.05) is 0 Å². The van der Waals surface area contributed by atoms with Crippen LogP contribution in [0.1, 0.15) is 10.4 Å². The molecule has 1 N–H and O–H groups in total. The van der Waals surface area contributed by atoms with Gasteiger partial charge >= 0.3 is 0 Å². The molecule has 2 aromatic rings. The highest BCUT2D eigenvalue weighted by Crippen LogP contribution is 2.34. The fraction of sp³-hybridized carbons (Fsp3) is 0.118. The highest BCUT2D eigenvalue weighted by Gasteiger charge is 2.15. The molecule has 0 aliphatic carbocycles. The summed E-state index contributed by atoms with van der Waals surface area (Å²) in [6.45, 7) is 0.422. The molecule has 6 heteroatoms. The molecule has 0 aromatic heterocycles. The van der Waals surface area contributed by atoms with Crippen molar-refractivity contribution < 1.29 is 23.7 Å². The predicted molar refractivity (Wildman–Crippen MR) is 82.2 cm³/mol. The average Bonchev–Trinajstić information content (AvgIpc) is 3.22. The number of nitrogens with one attached hydrogen (secondary N) is 1. The van der Waals surface area contributed by atoms with Crippen LogP contribution in [0.3, 0.4) is 0 Å². The summed E-state index contributed by atoms with van der Waals surface area (Å²) in [6, 6.07) is 10.6. The Morgan fingerprint density at radius 3 is 2.30 bits per heavy atom. The van der Waals surface area contributed by atoms with Crippen molar-refractivity contribution in [2.24, 2.45) is 0 Å². The summed E-state index contributed by atoms with van der Waals surface area (Å²) in [5.41, 5.74) is 1.35. The summed E-state index contributed by atoms with van der Waals surface area (Å²) >= 11 is 0. The zero-order valence-electron chi connectivity index (χ0n) is 12.1. The molecule has 2 aliphatic heterocycles. The number of ether oxygens (including phenoxy) is 4. The largest absolute Gasteiger partial charge is 0.454 e. The van der Waals surface area contributed by atoms with Crippen LogP contribution in [-0.4, -0.2) is 19.4 Å².